The molecule has 0 N–H and O–H groups in total. The van der Waals surface area contributed by atoms with Crippen molar-refractivity contribution in [1.82, 2.24) is 4.90 Å². The molecular formula is C31H53NO3. The third-order valence-electron chi connectivity index (χ3n) is 9.76. The molecule has 0 aliphatic heterocycles. The summed E-state index contributed by atoms with van der Waals surface area (Å²) in [6.07, 6.45) is 25.5. The zero-order valence-corrected chi connectivity index (χ0v) is 22.9. The molecule has 0 amide bonds. The molecule has 0 aromatic carbocycles. The largest absolute Gasteiger partial charge is 0.457 e. The van der Waals surface area contributed by atoms with Gasteiger partial charge in [-0.05, 0) is 103 Å². The molecule has 4 nitrogen and oxygen atoms in total. The van der Waals surface area contributed by atoms with Crippen LogP contribution >= 0.6 is 0 Å². The van der Waals surface area contributed by atoms with Gasteiger partial charge >= 0.3 is 5.97 Å². The van der Waals surface area contributed by atoms with Crippen molar-refractivity contribution in [3.63, 3.8) is 0 Å². The van der Waals surface area contributed by atoms with Gasteiger partial charge in [-0.25, -0.2) is 4.79 Å². The third kappa shape index (κ3) is 7.81. The van der Waals surface area contributed by atoms with E-state index < -0.39 is 0 Å². The zero-order chi connectivity index (χ0) is 24.6. The van der Waals surface area contributed by atoms with Crippen LogP contribution in [-0.2, 0) is 14.3 Å². The highest BCUT2D eigenvalue weighted by Crippen LogP contribution is 2.42. The highest BCUT2D eigenvalue weighted by molar-refractivity contribution is 5.87. The average molecular weight is 488 g/mol. The van der Waals surface area contributed by atoms with Gasteiger partial charge in [-0.2, -0.15) is 0 Å². The van der Waals surface area contributed by atoms with Crippen molar-refractivity contribution >= 4 is 5.97 Å². The van der Waals surface area contributed by atoms with Crippen LogP contribution in [0.15, 0.2) is 12.2 Å². The van der Waals surface area contributed by atoms with Gasteiger partial charge in [0.05, 0.1) is 12.7 Å². The van der Waals surface area contributed by atoms with Crippen molar-refractivity contribution < 1.29 is 14.3 Å². The number of hydrogen-bond donors (Lipinski definition) is 0. The SMILES string of the molecule is C=C(C)C(=O)OC(C)COC1CCC(C2CCC(N(C3CCCCC3)C3CCCCC3)CC2)CC1. The van der Waals surface area contributed by atoms with Crippen LogP contribution in [0.2, 0.25) is 0 Å². The Balaban J connectivity index is 1.20. The summed E-state index contributed by atoms with van der Waals surface area (Å²) in [6, 6.07) is 2.64. The lowest BCUT2D eigenvalue weighted by molar-refractivity contribution is -0.147. The second-order valence-corrected chi connectivity index (χ2v) is 12.5. The minimum atomic E-state index is -0.314. The lowest BCUT2D eigenvalue weighted by atomic mass is 9.71. The summed E-state index contributed by atoms with van der Waals surface area (Å²) in [5.41, 5.74) is 0.452. The molecule has 35 heavy (non-hydrogen) atoms. The molecule has 4 heteroatoms. The van der Waals surface area contributed by atoms with E-state index in [0.717, 1.165) is 30.0 Å². The summed E-state index contributed by atoms with van der Waals surface area (Å²) < 4.78 is 11.5. The van der Waals surface area contributed by atoms with E-state index in [2.05, 4.69) is 11.5 Å². The highest BCUT2D eigenvalue weighted by atomic mass is 16.6. The molecule has 4 rings (SSSR count). The summed E-state index contributed by atoms with van der Waals surface area (Å²) >= 11 is 0. The maximum Gasteiger partial charge on any atom is 0.333 e. The highest BCUT2D eigenvalue weighted by Gasteiger charge is 2.38. The Morgan fingerprint density at radius 1 is 0.743 bits per heavy atom. The van der Waals surface area contributed by atoms with Crippen molar-refractivity contribution in [1.29, 1.82) is 0 Å². The van der Waals surface area contributed by atoms with Gasteiger partial charge < -0.3 is 9.47 Å². The van der Waals surface area contributed by atoms with Gasteiger partial charge in [-0.3, -0.25) is 4.90 Å². The molecule has 4 aliphatic carbocycles. The first-order chi connectivity index (χ1) is 17.0. The topological polar surface area (TPSA) is 38.8 Å². The van der Waals surface area contributed by atoms with Crippen LogP contribution in [0.25, 0.3) is 0 Å². The lowest BCUT2D eigenvalue weighted by Gasteiger charge is -2.49. The van der Waals surface area contributed by atoms with Gasteiger partial charge in [-0.1, -0.05) is 45.1 Å². The molecule has 4 aliphatic rings. The van der Waals surface area contributed by atoms with E-state index in [1.807, 2.05) is 6.92 Å². The predicted molar refractivity (Wildman–Crippen MR) is 143 cm³/mol. The van der Waals surface area contributed by atoms with E-state index in [-0.39, 0.29) is 12.1 Å². The Labute approximate surface area is 215 Å². The number of esters is 1. The Kier molecular flexibility index (Phi) is 10.6. The monoisotopic (exact) mass is 487 g/mol. The molecule has 0 bridgehead atoms. The van der Waals surface area contributed by atoms with Gasteiger partial charge in [0, 0.05) is 23.7 Å². The molecule has 0 aromatic rings. The van der Waals surface area contributed by atoms with E-state index in [1.165, 1.54) is 116 Å². The third-order valence-corrected chi connectivity index (χ3v) is 9.76. The van der Waals surface area contributed by atoms with E-state index in [0.29, 0.717) is 18.3 Å². The van der Waals surface area contributed by atoms with E-state index in [1.54, 1.807) is 6.92 Å². The average Bonchev–Trinajstić information content (AvgIpc) is 2.89. The first-order valence-electron chi connectivity index (χ1n) is 15.3. The molecule has 0 saturated heterocycles. The minimum Gasteiger partial charge on any atom is -0.457 e. The number of rotatable bonds is 9. The predicted octanol–water partition coefficient (Wildman–Crippen LogP) is 7.60. The number of carbonyl (C=O) groups is 1. The van der Waals surface area contributed by atoms with Gasteiger partial charge in [0.1, 0.15) is 6.10 Å². The van der Waals surface area contributed by atoms with Crippen LogP contribution in [-0.4, -0.2) is 47.8 Å². The first-order valence-corrected chi connectivity index (χ1v) is 15.3. The molecule has 0 radical (unpaired) electrons. The second kappa shape index (κ2) is 13.6. The fraction of sp³-hybridized carbons (Fsp3) is 0.903. The van der Waals surface area contributed by atoms with Crippen LogP contribution in [0.3, 0.4) is 0 Å². The van der Waals surface area contributed by atoms with Crippen molar-refractivity contribution in [3.8, 4) is 0 Å². The maximum absolute atomic E-state index is 11.7. The fourth-order valence-corrected chi connectivity index (χ4v) is 7.84. The first kappa shape index (κ1) is 27.2. The molecule has 1 unspecified atom stereocenters. The quantitative estimate of drug-likeness (QED) is 0.248. The van der Waals surface area contributed by atoms with Crippen LogP contribution < -0.4 is 0 Å². The van der Waals surface area contributed by atoms with E-state index in [4.69, 9.17) is 9.47 Å². The smallest absolute Gasteiger partial charge is 0.333 e. The van der Waals surface area contributed by atoms with Gasteiger partial charge in [0.15, 0.2) is 0 Å². The Morgan fingerprint density at radius 3 is 1.69 bits per heavy atom. The molecular weight excluding hydrogens is 434 g/mol. The number of ether oxygens (including phenoxy) is 2. The summed E-state index contributed by atoms with van der Waals surface area (Å²) in [5.74, 6) is 1.51. The van der Waals surface area contributed by atoms with E-state index >= 15 is 0 Å². The Morgan fingerprint density at radius 2 is 1.20 bits per heavy atom. The Bertz CT molecular complexity index is 632. The maximum atomic E-state index is 11.7. The molecule has 0 aromatic heterocycles. The Hall–Kier alpha value is -0.870. The molecule has 1 atom stereocenters. The molecule has 0 spiro atoms. The van der Waals surface area contributed by atoms with Crippen molar-refractivity contribution in [2.24, 2.45) is 11.8 Å². The van der Waals surface area contributed by atoms with Crippen molar-refractivity contribution in [2.75, 3.05) is 6.61 Å². The molecule has 200 valence electrons. The standard InChI is InChI=1S/C31H53NO3/c1-23(2)31(33)35-24(3)22-34-30-20-16-26(17-21-30)25-14-18-29(19-15-25)32(27-10-6-4-7-11-27)28-12-8-5-9-13-28/h24-30H,1,4-22H2,2-3H3. The van der Waals surface area contributed by atoms with Crippen LogP contribution in [0.1, 0.15) is 129 Å². The second-order valence-electron chi connectivity index (χ2n) is 12.5. The number of carbonyl (C=O) groups excluding carboxylic acids is 1. The molecule has 4 fully saturated rings. The fourth-order valence-electron chi connectivity index (χ4n) is 7.84. The van der Waals surface area contributed by atoms with Gasteiger partial charge in [0.25, 0.3) is 0 Å². The van der Waals surface area contributed by atoms with Crippen LogP contribution in [0.4, 0.5) is 0 Å². The van der Waals surface area contributed by atoms with Crippen molar-refractivity contribution in [3.05, 3.63) is 12.2 Å². The zero-order valence-electron chi connectivity index (χ0n) is 22.9. The summed E-state index contributed by atoms with van der Waals surface area (Å²) in [4.78, 5) is 14.8. The molecule has 0 heterocycles. The summed E-state index contributed by atoms with van der Waals surface area (Å²) in [6.45, 7) is 7.75. The van der Waals surface area contributed by atoms with Crippen LogP contribution in [0, 0.1) is 11.8 Å². The number of nitrogens with zero attached hydrogens (tertiary/aromatic N) is 1. The minimum absolute atomic E-state index is 0.205. The van der Waals surface area contributed by atoms with Crippen LogP contribution in [0.5, 0.6) is 0 Å². The molecule has 4 saturated carbocycles. The summed E-state index contributed by atoms with van der Waals surface area (Å²) in [7, 11) is 0. The van der Waals surface area contributed by atoms with E-state index in [9.17, 15) is 4.79 Å². The lowest BCUT2D eigenvalue weighted by Crippen LogP contribution is -2.52. The van der Waals surface area contributed by atoms with Gasteiger partial charge in [0.2, 0.25) is 0 Å². The normalized spacial score (nSPS) is 32.3. The van der Waals surface area contributed by atoms with Gasteiger partial charge in [-0.15, -0.1) is 0 Å². The van der Waals surface area contributed by atoms with Crippen molar-refractivity contribution in [2.45, 2.75) is 160 Å². The number of hydrogen-bond acceptors (Lipinski definition) is 4. The summed E-state index contributed by atoms with van der Waals surface area (Å²) in [5, 5.41) is 0.